The first-order valence-corrected chi connectivity index (χ1v) is 4.62. The van der Waals surface area contributed by atoms with Crippen LogP contribution in [0.25, 0.3) is 0 Å². The molecule has 1 fully saturated rings. The molecular weight excluding hydrogens is 188 g/mol. The van der Waals surface area contributed by atoms with Gasteiger partial charge in [0.15, 0.2) is 5.41 Å². The van der Waals surface area contributed by atoms with Gasteiger partial charge in [-0.2, -0.15) is 0 Å². The molecule has 14 heavy (non-hydrogen) atoms. The molecule has 0 radical (unpaired) electrons. The number of hydrogen-bond acceptors (Lipinski definition) is 4. The van der Waals surface area contributed by atoms with Gasteiger partial charge in [0.1, 0.15) is 0 Å². The topological polar surface area (TPSA) is 72.8 Å². The number of rotatable bonds is 3. The normalized spacial score (nSPS) is 26.9. The van der Waals surface area contributed by atoms with Crippen molar-refractivity contribution in [1.82, 2.24) is 0 Å². The van der Waals surface area contributed by atoms with Gasteiger partial charge in [0.05, 0.1) is 13.2 Å². The number of ether oxygens (including phenoxy) is 2. The Balaban J connectivity index is 2.80. The summed E-state index contributed by atoms with van der Waals surface area (Å²) >= 11 is 0. The molecular formula is C9H14O5. The summed E-state index contributed by atoms with van der Waals surface area (Å²) in [6, 6.07) is 0. The molecule has 0 aromatic carbocycles. The number of esters is 1. The zero-order valence-corrected chi connectivity index (χ0v) is 8.12. The number of carbonyl (C=O) groups is 2. The first-order valence-electron chi connectivity index (χ1n) is 4.62. The monoisotopic (exact) mass is 202 g/mol. The lowest BCUT2D eigenvalue weighted by molar-refractivity contribution is -0.178. The number of carbonyl (C=O) groups excluding carboxylic acids is 1. The van der Waals surface area contributed by atoms with Crippen molar-refractivity contribution in [2.75, 3.05) is 19.8 Å². The van der Waals surface area contributed by atoms with Gasteiger partial charge in [-0.3, -0.25) is 9.59 Å². The quantitative estimate of drug-likeness (QED) is 0.530. The van der Waals surface area contributed by atoms with Crippen molar-refractivity contribution in [3.8, 4) is 0 Å². The Hall–Kier alpha value is -1.10. The molecule has 0 amide bonds. The average molecular weight is 202 g/mol. The Morgan fingerprint density at radius 1 is 1.57 bits per heavy atom. The summed E-state index contributed by atoms with van der Waals surface area (Å²) in [6.07, 6.45) is 0.867. The minimum Gasteiger partial charge on any atom is -0.480 e. The van der Waals surface area contributed by atoms with Crippen LogP contribution in [0.1, 0.15) is 19.8 Å². The summed E-state index contributed by atoms with van der Waals surface area (Å²) in [7, 11) is 0. The molecule has 1 aliphatic heterocycles. The Labute approximate surface area is 82.0 Å². The van der Waals surface area contributed by atoms with Crippen LogP contribution in [0.2, 0.25) is 0 Å². The van der Waals surface area contributed by atoms with Crippen LogP contribution in [0.4, 0.5) is 0 Å². The third-order valence-electron chi connectivity index (χ3n) is 2.32. The SMILES string of the molecule is CCOC(=O)[C@]1(C(=O)O)CCCOC1. The summed E-state index contributed by atoms with van der Waals surface area (Å²) in [6.45, 7) is 2.26. The van der Waals surface area contributed by atoms with Gasteiger partial charge in [0.25, 0.3) is 0 Å². The summed E-state index contributed by atoms with van der Waals surface area (Å²) < 4.78 is 9.78. The lowest BCUT2D eigenvalue weighted by Crippen LogP contribution is -2.47. The molecule has 1 N–H and O–H groups in total. The summed E-state index contributed by atoms with van der Waals surface area (Å²) in [5.41, 5.74) is -1.48. The van der Waals surface area contributed by atoms with E-state index in [4.69, 9.17) is 14.6 Å². The highest BCUT2D eigenvalue weighted by molar-refractivity contribution is 5.99. The molecule has 1 saturated heterocycles. The zero-order valence-electron chi connectivity index (χ0n) is 8.12. The first kappa shape index (κ1) is 11.0. The van der Waals surface area contributed by atoms with Crippen LogP contribution in [-0.2, 0) is 19.1 Å². The molecule has 0 aromatic rings. The number of carboxylic acid groups (broad SMARTS) is 1. The van der Waals surface area contributed by atoms with E-state index in [2.05, 4.69) is 0 Å². The third kappa shape index (κ3) is 1.87. The Kier molecular flexibility index (Phi) is 3.46. The largest absolute Gasteiger partial charge is 0.480 e. The number of hydrogen-bond donors (Lipinski definition) is 1. The molecule has 1 heterocycles. The van der Waals surface area contributed by atoms with Gasteiger partial charge in [0.2, 0.25) is 0 Å². The van der Waals surface area contributed by atoms with Crippen LogP contribution >= 0.6 is 0 Å². The highest BCUT2D eigenvalue weighted by Gasteiger charge is 2.49. The molecule has 1 rings (SSSR count). The highest BCUT2D eigenvalue weighted by atomic mass is 16.5. The van der Waals surface area contributed by atoms with E-state index < -0.39 is 17.4 Å². The van der Waals surface area contributed by atoms with Crippen LogP contribution in [0.15, 0.2) is 0 Å². The van der Waals surface area contributed by atoms with Crippen molar-refractivity contribution in [2.45, 2.75) is 19.8 Å². The maximum Gasteiger partial charge on any atom is 0.325 e. The van der Waals surface area contributed by atoms with Gasteiger partial charge < -0.3 is 14.6 Å². The minimum atomic E-state index is -1.48. The van der Waals surface area contributed by atoms with Gasteiger partial charge in [-0.25, -0.2) is 0 Å². The molecule has 80 valence electrons. The van der Waals surface area contributed by atoms with Crippen molar-refractivity contribution in [1.29, 1.82) is 0 Å². The standard InChI is InChI=1S/C9H14O5/c1-2-14-8(12)9(7(10)11)4-3-5-13-6-9/h2-6H2,1H3,(H,10,11)/t9-/m1/s1. The second kappa shape index (κ2) is 4.41. The number of carboxylic acids is 1. The van der Waals surface area contributed by atoms with Crippen LogP contribution in [0.5, 0.6) is 0 Å². The van der Waals surface area contributed by atoms with Gasteiger partial charge in [0, 0.05) is 6.61 Å². The van der Waals surface area contributed by atoms with E-state index in [-0.39, 0.29) is 13.2 Å². The Morgan fingerprint density at radius 3 is 2.71 bits per heavy atom. The van der Waals surface area contributed by atoms with E-state index in [1.807, 2.05) is 0 Å². The van der Waals surface area contributed by atoms with Crippen LogP contribution in [-0.4, -0.2) is 36.9 Å². The predicted octanol–water partition coefficient (Wildman–Crippen LogP) is 0.431. The molecule has 0 spiro atoms. The lowest BCUT2D eigenvalue weighted by Gasteiger charge is -2.30. The van der Waals surface area contributed by atoms with E-state index in [0.717, 1.165) is 0 Å². The van der Waals surface area contributed by atoms with Crippen molar-refractivity contribution >= 4 is 11.9 Å². The van der Waals surface area contributed by atoms with Gasteiger partial charge >= 0.3 is 11.9 Å². The first-order chi connectivity index (χ1) is 6.63. The average Bonchev–Trinajstić information content (AvgIpc) is 2.19. The third-order valence-corrected chi connectivity index (χ3v) is 2.32. The fraction of sp³-hybridized carbons (Fsp3) is 0.778. The van der Waals surface area contributed by atoms with Crippen molar-refractivity contribution in [2.24, 2.45) is 5.41 Å². The predicted molar refractivity (Wildman–Crippen MR) is 46.8 cm³/mol. The summed E-state index contributed by atoms with van der Waals surface area (Å²) in [5.74, 6) is -1.84. The zero-order chi connectivity index (χ0) is 10.6. The number of aliphatic carboxylic acids is 1. The molecule has 0 aromatic heterocycles. The van der Waals surface area contributed by atoms with E-state index in [1.165, 1.54) is 0 Å². The second-order valence-electron chi connectivity index (χ2n) is 3.26. The second-order valence-corrected chi connectivity index (χ2v) is 3.26. The van der Waals surface area contributed by atoms with Crippen LogP contribution in [0, 0.1) is 5.41 Å². The Morgan fingerprint density at radius 2 is 2.29 bits per heavy atom. The van der Waals surface area contributed by atoms with Crippen molar-refractivity contribution < 1.29 is 24.2 Å². The fourth-order valence-electron chi connectivity index (χ4n) is 1.48. The molecule has 5 nitrogen and oxygen atoms in total. The fourth-order valence-corrected chi connectivity index (χ4v) is 1.48. The van der Waals surface area contributed by atoms with E-state index in [9.17, 15) is 9.59 Å². The van der Waals surface area contributed by atoms with Crippen LogP contribution < -0.4 is 0 Å². The molecule has 1 atom stereocenters. The van der Waals surface area contributed by atoms with Crippen molar-refractivity contribution in [3.63, 3.8) is 0 Å². The van der Waals surface area contributed by atoms with E-state index in [0.29, 0.717) is 19.4 Å². The van der Waals surface area contributed by atoms with Gasteiger partial charge in [-0.05, 0) is 19.8 Å². The summed E-state index contributed by atoms with van der Waals surface area (Å²) in [4.78, 5) is 22.5. The molecule has 5 heteroatoms. The maximum atomic E-state index is 11.5. The maximum absolute atomic E-state index is 11.5. The molecule has 0 saturated carbocycles. The molecule has 1 aliphatic rings. The van der Waals surface area contributed by atoms with E-state index >= 15 is 0 Å². The van der Waals surface area contributed by atoms with Crippen molar-refractivity contribution in [3.05, 3.63) is 0 Å². The molecule has 0 aliphatic carbocycles. The van der Waals surface area contributed by atoms with Gasteiger partial charge in [-0.1, -0.05) is 0 Å². The van der Waals surface area contributed by atoms with Gasteiger partial charge in [-0.15, -0.1) is 0 Å². The molecule has 0 bridgehead atoms. The summed E-state index contributed by atoms with van der Waals surface area (Å²) in [5, 5.41) is 9.00. The minimum absolute atomic E-state index is 0.0822. The lowest BCUT2D eigenvalue weighted by atomic mass is 9.83. The smallest absolute Gasteiger partial charge is 0.325 e. The van der Waals surface area contributed by atoms with Crippen LogP contribution in [0.3, 0.4) is 0 Å². The highest BCUT2D eigenvalue weighted by Crippen LogP contribution is 2.30. The van der Waals surface area contributed by atoms with E-state index in [1.54, 1.807) is 6.92 Å². The Bertz CT molecular complexity index is 229. The molecule has 0 unspecified atom stereocenters.